The van der Waals surface area contributed by atoms with Crippen LogP contribution in [-0.2, 0) is 24.3 Å². The zero-order chi connectivity index (χ0) is 22.5. The Morgan fingerprint density at radius 2 is 1.97 bits per heavy atom. The predicted octanol–water partition coefficient (Wildman–Crippen LogP) is 2.15. The maximum atomic E-state index is 13.4. The van der Waals surface area contributed by atoms with Crippen LogP contribution < -0.4 is 15.6 Å². The van der Waals surface area contributed by atoms with Crippen molar-refractivity contribution < 1.29 is 13.9 Å². The van der Waals surface area contributed by atoms with Crippen LogP contribution in [0.25, 0.3) is 11.0 Å². The van der Waals surface area contributed by atoms with Crippen LogP contribution in [0.5, 0.6) is 5.75 Å². The molecule has 2 aromatic heterocycles. The van der Waals surface area contributed by atoms with E-state index >= 15 is 0 Å². The second-order valence-corrected chi connectivity index (χ2v) is 7.29. The zero-order valence-electron chi connectivity index (χ0n) is 17.5. The number of aromatic nitrogens is 4. The Morgan fingerprint density at radius 1 is 1.16 bits per heavy atom. The lowest BCUT2D eigenvalue weighted by atomic mass is 10.1. The van der Waals surface area contributed by atoms with Gasteiger partial charge in [0.1, 0.15) is 23.3 Å². The first-order chi connectivity index (χ1) is 15.5. The molecule has 0 atom stereocenters. The van der Waals surface area contributed by atoms with E-state index in [-0.39, 0.29) is 30.2 Å². The molecule has 0 unspecified atom stereocenters. The van der Waals surface area contributed by atoms with E-state index < -0.39 is 0 Å². The third kappa shape index (κ3) is 4.83. The van der Waals surface area contributed by atoms with E-state index in [2.05, 4.69) is 15.4 Å². The number of fused-ring (bicyclic) bond motifs is 1. The number of carbonyl (C=O) groups excluding carboxylic acids is 1. The minimum absolute atomic E-state index is 0.114. The maximum absolute atomic E-state index is 13.4. The van der Waals surface area contributed by atoms with Crippen LogP contribution in [0.1, 0.15) is 11.1 Å². The molecule has 4 rings (SSSR count). The molecule has 0 radical (unpaired) electrons. The highest BCUT2D eigenvalue weighted by atomic mass is 19.1. The average molecular weight is 435 g/mol. The Balaban J connectivity index is 1.38. The van der Waals surface area contributed by atoms with E-state index in [1.165, 1.54) is 29.2 Å². The van der Waals surface area contributed by atoms with Gasteiger partial charge in [0, 0.05) is 6.54 Å². The molecular weight excluding hydrogens is 413 g/mol. The Kier molecular flexibility index (Phi) is 6.25. The van der Waals surface area contributed by atoms with Crippen LogP contribution in [0.4, 0.5) is 4.39 Å². The fourth-order valence-corrected chi connectivity index (χ4v) is 3.40. The summed E-state index contributed by atoms with van der Waals surface area (Å²) in [5.74, 6) is 0.269. The molecule has 1 amide bonds. The third-order valence-electron chi connectivity index (χ3n) is 5.03. The number of rotatable bonds is 8. The van der Waals surface area contributed by atoms with Crippen molar-refractivity contribution in [3.8, 4) is 5.75 Å². The summed E-state index contributed by atoms with van der Waals surface area (Å²) in [7, 11) is 1.59. The molecule has 0 aliphatic carbocycles. The first kappa shape index (κ1) is 21.2. The van der Waals surface area contributed by atoms with Crippen molar-refractivity contribution in [2.24, 2.45) is 0 Å². The summed E-state index contributed by atoms with van der Waals surface area (Å²) in [5.41, 5.74) is 1.73. The highest BCUT2D eigenvalue weighted by molar-refractivity contribution is 5.78. The number of methoxy groups -OCH3 is 1. The molecular formula is C23H22FN5O3. The standard InChI is InChI=1S/C23H22FN5O3/c1-32-19-7-5-16(6-8-19)12-21(30)25-9-10-29-22-20(13-27-29)23(31)28(15-26-22)14-17-3-2-4-18(24)11-17/h2-8,11,13,15H,9-10,12,14H2,1H3,(H,25,30). The molecule has 2 aromatic carbocycles. The van der Waals surface area contributed by atoms with Gasteiger partial charge in [-0.05, 0) is 35.4 Å². The van der Waals surface area contributed by atoms with Crippen LogP contribution in [0.2, 0.25) is 0 Å². The lowest BCUT2D eigenvalue weighted by Gasteiger charge is -2.08. The van der Waals surface area contributed by atoms with Crippen molar-refractivity contribution in [1.82, 2.24) is 24.6 Å². The number of nitrogens with zero attached hydrogens (tertiary/aromatic N) is 4. The van der Waals surface area contributed by atoms with Gasteiger partial charge in [0.05, 0.1) is 32.8 Å². The Morgan fingerprint density at radius 3 is 2.72 bits per heavy atom. The molecule has 0 aliphatic rings. The quantitative estimate of drug-likeness (QED) is 0.458. The molecule has 0 saturated carbocycles. The summed E-state index contributed by atoms with van der Waals surface area (Å²) in [6.07, 6.45) is 3.15. The van der Waals surface area contributed by atoms with E-state index in [0.29, 0.717) is 29.7 Å². The molecule has 164 valence electrons. The maximum Gasteiger partial charge on any atom is 0.264 e. The van der Waals surface area contributed by atoms with E-state index in [1.807, 2.05) is 24.3 Å². The molecule has 0 aliphatic heterocycles. The summed E-state index contributed by atoms with van der Waals surface area (Å²) in [6, 6.07) is 13.4. The number of carbonyl (C=O) groups is 1. The third-order valence-corrected chi connectivity index (χ3v) is 5.03. The van der Waals surface area contributed by atoms with Crippen LogP contribution in [-0.4, -0.2) is 38.9 Å². The van der Waals surface area contributed by atoms with E-state index in [1.54, 1.807) is 23.9 Å². The summed E-state index contributed by atoms with van der Waals surface area (Å²) < 4.78 is 21.5. The molecule has 0 saturated heterocycles. The Hall–Kier alpha value is -4.01. The minimum Gasteiger partial charge on any atom is -0.497 e. The molecule has 32 heavy (non-hydrogen) atoms. The molecule has 1 N–H and O–H groups in total. The van der Waals surface area contributed by atoms with Gasteiger partial charge in [0.25, 0.3) is 5.56 Å². The lowest BCUT2D eigenvalue weighted by molar-refractivity contribution is -0.120. The normalized spacial score (nSPS) is 10.9. The van der Waals surface area contributed by atoms with Crippen molar-refractivity contribution >= 4 is 16.9 Å². The van der Waals surface area contributed by atoms with Crippen molar-refractivity contribution in [3.63, 3.8) is 0 Å². The van der Waals surface area contributed by atoms with Gasteiger partial charge in [0.15, 0.2) is 5.65 Å². The van der Waals surface area contributed by atoms with Crippen molar-refractivity contribution in [1.29, 1.82) is 0 Å². The van der Waals surface area contributed by atoms with Crippen LogP contribution in [0.3, 0.4) is 0 Å². The molecule has 0 fully saturated rings. The zero-order valence-corrected chi connectivity index (χ0v) is 17.5. The van der Waals surface area contributed by atoms with Crippen LogP contribution >= 0.6 is 0 Å². The SMILES string of the molecule is COc1ccc(CC(=O)NCCn2ncc3c(=O)n(Cc4cccc(F)c4)cnc32)cc1. The second kappa shape index (κ2) is 9.42. The van der Waals surface area contributed by atoms with Gasteiger partial charge in [0.2, 0.25) is 5.91 Å². The molecule has 2 heterocycles. The summed E-state index contributed by atoms with van der Waals surface area (Å²) in [5, 5.41) is 7.45. The number of halogens is 1. The number of hydrogen-bond donors (Lipinski definition) is 1. The topological polar surface area (TPSA) is 91.0 Å². The lowest BCUT2D eigenvalue weighted by Crippen LogP contribution is -2.29. The average Bonchev–Trinajstić information content (AvgIpc) is 3.20. The first-order valence-corrected chi connectivity index (χ1v) is 10.1. The number of hydrogen-bond acceptors (Lipinski definition) is 5. The Bertz CT molecular complexity index is 1300. The molecule has 4 aromatic rings. The number of nitrogens with one attached hydrogen (secondary N) is 1. The first-order valence-electron chi connectivity index (χ1n) is 10.1. The highest BCUT2D eigenvalue weighted by Gasteiger charge is 2.11. The largest absolute Gasteiger partial charge is 0.497 e. The van der Waals surface area contributed by atoms with Crippen molar-refractivity contribution in [2.75, 3.05) is 13.7 Å². The second-order valence-electron chi connectivity index (χ2n) is 7.29. The fraction of sp³-hybridized carbons (Fsp3) is 0.217. The number of amides is 1. The summed E-state index contributed by atoms with van der Waals surface area (Å²) in [4.78, 5) is 29.3. The predicted molar refractivity (Wildman–Crippen MR) is 117 cm³/mol. The van der Waals surface area contributed by atoms with E-state index in [9.17, 15) is 14.0 Å². The molecule has 0 spiro atoms. The molecule has 0 bridgehead atoms. The van der Waals surface area contributed by atoms with Crippen molar-refractivity contribution in [3.05, 3.63) is 88.4 Å². The van der Waals surface area contributed by atoms with Gasteiger partial charge >= 0.3 is 0 Å². The van der Waals surface area contributed by atoms with Gasteiger partial charge in [-0.1, -0.05) is 24.3 Å². The van der Waals surface area contributed by atoms with Crippen LogP contribution in [0.15, 0.2) is 65.8 Å². The van der Waals surface area contributed by atoms with Gasteiger partial charge < -0.3 is 10.1 Å². The van der Waals surface area contributed by atoms with E-state index in [4.69, 9.17) is 4.74 Å². The summed E-state index contributed by atoms with van der Waals surface area (Å²) in [6.45, 7) is 0.935. The van der Waals surface area contributed by atoms with Gasteiger partial charge in [-0.3, -0.25) is 14.2 Å². The van der Waals surface area contributed by atoms with E-state index in [0.717, 1.165) is 11.3 Å². The van der Waals surface area contributed by atoms with Gasteiger partial charge in [-0.25, -0.2) is 14.1 Å². The van der Waals surface area contributed by atoms with Gasteiger partial charge in [-0.15, -0.1) is 0 Å². The highest BCUT2D eigenvalue weighted by Crippen LogP contribution is 2.12. The smallest absolute Gasteiger partial charge is 0.264 e. The number of ether oxygens (including phenoxy) is 1. The molecule has 8 nitrogen and oxygen atoms in total. The fourth-order valence-electron chi connectivity index (χ4n) is 3.40. The van der Waals surface area contributed by atoms with Crippen molar-refractivity contribution in [2.45, 2.75) is 19.5 Å². The summed E-state index contributed by atoms with van der Waals surface area (Å²) >= 11 is 0. The number of benzene rings is 2. The monoisotopic (exact) mass is 435 g/mol. The molecule has 9 heteroatoms. The Labute approximate surface area is 183 Å². The van der Waals surface area contributed by atoms with Gasteiger partial charge in [-0.2, -0.15) is 5.10 Å². The van der Waals surface area contributed by atoms with Crippen LogP contribution in [0, 0.1) is 5.82 Å². The minimum atomic E-state index is -0.355.